The highest BCUT2D eigenvalue weighted by molar-refractivity contribution is 5.22. The molecule has 2 aliphatic rings. The molecule has 0 spiro atoms. The van der Waals surface area contributed by atoms with Crippen LogP contribution in [0.5, 0.6) is 0 Å². The topological polar surface area (TPSA) is 55.0 Å². The summed E-state index contributed by atoms with van der Waals surface area (Å²) in [5.41, 5.74) is 6.62. The molecule has 1 aliphatic heterocycles. The Labute approximate surface area is 109 Å². The van der Waals surface area contributed by atoms with Crippen molar-refractivity contribution in [3.05, 3.63) is 18.1 Å². The summed E-state index contributed by atoms with van der Waals surface area (Å²) in [5.74, 6) is 1.43. The lowest BCUT2D eigenvalue weighted by Crippen LogP contribution is -2.34. The quantitative estimate of drug-likeness (QED) is 0.888. The van der Waals surface area contributed by atoms with Crippen molar-refractivity contribution < 1.29 is 0 Å². The molecule has 1 aromatic rings. The summed E-state index contributed by atoms with van der Waals surface area (Å²) in [5, 5.41) is 0. The lowest BCUT2D eigenvalue weighted by Gasteiger charge is -2.28. The lowest BCUT2D eigenvalue weighted by atomic mass is 9.96. The van der Waals surface area contributed by atoms with Gasteiger partial charge in [-0.05, 0) is 38.1 Å². The Morgan fingerprint density at radius 3 is 2.67 bits per heavy atom. The van der Waals surface area contributed by atoms with E-state index < -0.39 is 0 Å². The van der Waals surface area contributed by atoms with E-state index >= 15 is 0 Å². The summed E-state index contributed by atoms with van der Waals surface area (Å²) < 4.78 is 0. The largest absolute Gasteiger partial charge is 0.382 e. The number of hydrogen-bond donors (Lipinski definition) is 1. The van der Waals surface area contributed by atoms with Gasteiger partial charge in [-0.1, -0.05) is 12.8 Å². The van der Waals surface area contributed by atoms with Gasteiger partial charge in [-0.2, -0.15) is 0 Å². The van der Waals surface area contributed by atoms with Crippen molar-refractivity contribution >= 4 is 5.82 Å². The SMILES string of the molecule is Nc1cnc(CN2CCCC2C2CCCC2)cn1. The van der Waals surface area contributed by atoms with Crippen LogP contribution in [0.1, 0.15) is 44.2 Å². The first-order chi connectivity index (χ1) is 8.83. The van der Waals surface area contributed by atoms with Crippen LogP contribution in [-0.4, -0.2) is 27.5 Å². The van der Waals surface area contributed by atoms with Crippen LogP contribution in [0.3, 0.4) is 0 Å². The number of rotatable bonds is 3. The molecule has 98 valence electrons. The van der Waals surface area contributed by atoms with E-state index in [0.717, 1.165) is 24.2 Å². The molecule has 0 amide bonds. The number of nitrogen functional groups attached to an aromatic ring is 1. The van der Waals surface area contributed by atoms with E-state index in [2.05, 4.69) is 14.9 Å². The Balaban J connectivity index is 1.65. The zero-order valence-electron chi connectivity index (χ0n) is 10.9. The molecule has 4 nitrogen and oxygen atoms in total. The number of nitrogens with zero attached hydrogens (tertiary/aromatic N) is 3. The highest BCUT2D eigenvalue weighted by Gasteiger charge is 2.33. The Hall–Kier alpha value is -1.16. The van der Waals surface area contributed by atoms with Gasteiger partial charge in [-0.15, -0.1) is 0 Å². The summed E-state index contributed by atoms with van der Waals surface area (Å²) in [7, 11) is 0. The molecule has 3 rings (SSSR count). The molecule has 0 bridgehead atoms. The second-order valence-electron chi connectivity index (χ2n) is 5.66. The van der Waals surface area contributed by atoms with Crippen molar-refractivity contribution in [3.8, 4) is 0 Å². The third kappa shape index (κ3) is 2.48. The standard InChI is InChI=1S/C14H22N4/c15-14-9-16-12(8-17-14)10-18-7-3-6-13(18)11-4-1-2-5-11/h8-9,11,13H,1-7,10H2,(H2,15,17). The highest BCUT2D eigenvalue weighted by Crippen LogP contribution is 2.35. The molecule has 2 fully saturated rings. The molecule has 1 saturated heterocycles. The minimum atomic E-state index is 0.507. The Morgan fingerprint density at radius 2 is 1.94 bits per heavy atom. The van der Waals surface area contributed by atoms with Crippen LogP contribution in [-0.2, 0) is 6.54 Å². The molecule has 1 saturated carbocycles. The van der Waals surface area contributed by atoms with Crippen molar-refractivity contribution in [1.82, 2.24) is 14.9 Å². The molecule has 18 heavy (non-hydrogen) atoms. The van der Waals surface area contributed by atoms with Crippen molar-refractivity contribution in [3.63, 3.8) is 0 Å². The maximum Gasteiger partial charge on any atom is 0.141 e. The van der Waals surface area contributed by atoms with Gasteiger partial charge in [0.2, 0.25) is 0 Å². The average molecular weight is 246 g/mol. The zero-order chi connectivity index (χ0) is 12.4. The molecule has 1 atom stereocenters. The smallest absolute Gasteiger partial charge is 0.141 e. The minimum absolute atomic E-state index is 0.507. The summed E-state index contributed by atoms with van der Waals surface area (Å²) in [6.07, 6.45) is 11.9. The summed E-state index contributed by atoms with van der Waals surface area (Å²) in [6, 6.07) is 0.784. The second-order valence-corrected chi connectivity index (χ2v) is 5.66. The first-order valence-electron chi connectivity index (χ1n) is 7.13. The van der Waals surface area contributed by atoms with Gasteiger partial charge in [0.05, 0.1) is 18.1 Å². The van der Waals surface area contributed by atoms with Crippen LogP contribution >= 0.6 is 0 Å². The number of anilines is 1. The van der Waals surface area contributed by atoms with Crippen LogP contribution in [0.15, 0.2) is 12.4 Å². The fourth-order valence-electron chi connectivity index (χ4n) is 3.58. The van der Waals surface area contributed by atoms with Gasteiger partial charge >= 0.3 is 0 Å². The van der Waals surface area contributed by atoms with E-state index in [1.165, 1.54) is 45.1 Å². The van der Waals surface area contributed by atoms with E-state index in [1.54, 1.807) is 6.20 Å². The maximum atomic E-state index is 5.57. The number of hydrogen-bond acceptors (Lipinski definition) is 4. The molecule has 2 N–H and O–H groups in total. The first kappa shape index (κ1) is 11.9. The van der Waals surface area contributed by atoms with Crippen LogP contribution < -0.4 is 5.73 Å². The van der Waals surface area contributed by atoms with Crippen molar-refractivity contribution in [2.24, 2.45) is 5.92 Å². The van der Waals surface area contributed by atoms with Crippen molar-refractivity contribution in [2.75, 3.05) is 12.3 Å². The maximum absolute atomic E-state index is 5.57. The van der Waals surface area contributed by atoms with Crippen molar-refractivity contribution in [1.29, 1.82) is 0 Å². The average Bonchev–Trinajstić information content (AvgIpc) is 3.02. The van der Waals surface area contributed by atoms with Gasteiger partial charge in [-0.3, -0.25) is 9.88 Å². The van der Waals surface area contributed by atoms with Gasteiger partial charge in [0.15, 0.2) is 0 Å². The number of likely N-dealkylation sites (tertiary alicyclic amines) is 1. The zero-order valence-corrected chi connectivity index (χ0v) is 10.9. The Morgan fingerprint density at radius 1 is 1.11 bits per heavy atom. The third-order valence-corrected chi connectivity index (χ3v) is 4.45. The normalized spacial score (nSPS) is 25.9. The van der Waals surface area contributed by atoms with E-state index in [0.29, 0.717) is 5.82 Å². The molecule has 2 heterocycles. The van der Waals surface area contributed by atoms with E-state index in [9.17, 15) is 0 Å². The van der Waals surface area contributed by atoms with Crippen LogP contribution in [0.2, 0.25) is 0 Å². The van der Waals surface area contributed by atoms with Gasteiger partial charge in [-0.25, -0.2) is 4.98 Å². The van der Waals surface area contributed by atoms with E-state index in [-0.39, 0.29) is 0 Å². The predicted octanol–water partition coefficient (Wildman–Crippen LogP) is 2.21. The van der Waals surface area contributed by atoms with Crippen LogP contribution in [0, 0.1) is 5.92 Å². The first-order valence-corrected chi connectivity index (χ1v) is 7.13. The molecule has 4 heteroatoms. The van der Waals surface area contributed by atoms with Crippen LogP contribution in [0.25, 0.3) is 0 Å². The molecule has 1 aliphatic carbocycles. The van der Waals surface area contributed by atoms with Crippen molar-refractivity contribution in [2.45, 2.75) is 51.1 Å². The lowest BCUT2D eigenvalue weighted by molar-refractivity contribution is 0.181. The number of nitrogens with two attached hydrogens (primary N) is 1. The van der Waals surface area contributed by atoms with E-state index in [4.69, 9.17) is 5.73 Å². The molecule has 1 unspecified atom stereocenters. The van der Waals surface area contributed by atoms with Crippen LogP contribution in [0.4, 0.5) is 5.82 Å². The van der Waals surface area contributed by atoms with Gasteiger partial charge in [0, 0.05) is 12.6 Å². The summed E-state index contributed by atoms with van der Waals surface area (Å²) >= 11 is 0. The molecular formula is C14H22N4. The second kappa shape index (κ2) is 5.22. The Kier molecular flexibility index (Phi) is 3.46. The predicted molar refractivity (Wildman–Crippen MR) is 71.8 cm³/mol. The van der Waals surface area contributed by atoms with Gasteiger partial charge in [0.25, 0.3) is 0 Å². The van der Waals surface area contributed by atoms with Gasteiger partial charge < -0.3 is 5.73 Å². The Bertz CT molecular complexity index is 383. The number of aromatic nitrogens is 2. The summed E-state index contributed by atoms with van der Waals surface area (Å²) in [6.45, 7) is 2.15. The highest BCUT2D eigenvalue weighted by atomic mass is 15.2. The fourth-order valence-corrected chi connectivity index (χ4v) is 3.58. The molecule has 1 aromatic heterocycles. The molecular weight excluding hydrogens is 224 g/mol. The summed E-state index contributed by atoms with van der Waals surface area (Å²) in [4.78, 5) is 11.1. The van der Waals surface area contributed by atoms with E-state index in [1.807, 2.05) is 6.20 Å². The molecule has 0 aromatic carbocycles. The monoisotopic (exact) mass is 246 g/mol. The minimum Gasteiger partial charge on any atom is -0.382 e. The molecule has 0 radical (unpaired) electrons. The fraction of sp³-hybridized carbons (Fsp3) is 0.714. The third-order valence-electron chi connectivity index (χ3n) is 4.45. The van der Waals surface area contributed by atoms with Gasteiger partial charge in [0.1, 0.15) is 5.82 Å².